The predicted molar refractivity (Wildman–Crippen MR) is 76.1 cm³/mol. The number of aromatic nitrogens is 2. The predicted octanol–water partition coefficient (Wildman–Crippen LogP) is 1.87. The van der Waals surface area contributed by atoms with Crippen molar-refractivity contribution in [1.29, 1.82) is 0 Å². The van der Waals surface area contributed by atoms with E-state index in [0.717, 1.165) is 11.4 Å². The summed E-state index contributed by atoms with van der Waals surface area (Å²) in [6.45, 7) is 0. The van der Waals surface area contributed by atoms with Gasteiger partial charge in [0.25, 0.3) is 0 Å². The second-order valence-corrected chi connectivity index (χ2v) is 5.65. The van der Waals surface area contributed by atoms with Crippen LogP contribution in [0.3, 0.4) is 0 Å². The zero-order valence-electron chi connectivity index (χ0n) is 10.1. The third kappa shape index (κ3) is 3.83. The maximum Gasteiger partial charge on any atom is 0.227 e. The molecule has 8 heteroatoms. The van der Waals surface area contributed by atoms with Crippen LogP contribution in [0.25, 0.3) is 0 Å². The lowest BCUT2D eigenvalue weighted by Gasteiger charge is -2.07. The fraction of sp³-hybridized carbons (Fsp3) is 0.182. The van der Waals surface area contributed by atoms with E-state index < -0.39 is 0 Å². The Hall–Kier alpha value is -1.80. The summed E-state index contributed by atoms with van der Waals surface area (Å²) in [7, 11) is 1.61. The molecule has 100 valence electrons. The van der Waals surface area contributed by atoms with Crippen LogP contribution < -0.4 is 15.8 Å². The molecule has 1 aromatic heterocycles. The number of nitrogens with zero attached hydrogens (tertiary/aromatic N) is 2. The van der Waals surface area contributed by atoms with Crippen LogP contribution in [0.15, 0.2) is 28.6 Å². The molecule has 0 spiro atoms. The number of carbonyl (C=O) groups excluding carboxylic acids is 1. The van der Waals surface area contributed by atoms with Crippen molar-refractivity contribution >= 4 is 39.8 Å². The molecule has 0 unspecified atom stereocenters. The third-order valence-electron chi connectivity index (χ3n) is 2.09. The van der Waals surface area contributed by atoms with E-state index in [1.54, 1.807) is 7.11 Å². The number of anilines is 2. The molecule has 2 rings (SSSR count). The summed E-state index contributed by atoms with van der Waals surface area (Å²) in [6.07, 6.45) is 0. The number of benzene rings is 1. The van der Waals surface area contributed by atoms with Gasteiger partial charge < -0.3 is 15.8 Å². The minimum Gasteiger partial charge on any atom is -0.495 e. The van der Waals surface area contributed by atoms with Gasteiger partial charge in [0.1, 0.15) is 5.75 Å². The Bertz CT molecular complexity index is 573. The minimum atomic E-state index is -0.376. The first-order chi connectivity index (χ1) is 9.19. The molecule has 0 atom stereocenters. The number of para-hydroxylation sites is 2. The fourth-order valence-corrected chi connectivity index (χ4v) is 2.82. The number of nitrogens with two attached hydrogens (primary N) is 1. The van der Waals surface area contributed by atoms with E-state index in [9.17, 15) is 4.79 Å². The molecule has 1 heterocycles. The average molecular weight is 296 g/mol. The fourth-order valence-electron chi connectivity index (χ4n) is 1.31. The summed E-state index contributed by atoms with van der Waals surface area (Å²) >= 11 is 2.62. The van der Waals surface area contributed by atoms with E-state index in [2.05, 4.69) is 15.5 Å². The molecule has 19 heavy (non-hydrogen) atoms. The number of ether oxygens (including phenoxy) is 1. The van der Waals surface area contributed by atoms with Gasteiger partial charge in [0.05, 0.1) is 18.6 Å². The molecule has 0 bridgehead atoms. The molecule has 0 aliphatic heterocycles. The Balaban J connectivity index is 2.05. The SMILES string of the molecule is COc1ccccc1Nc1nnc(SCC(N)=O)s1. The first-order valence-corrected chi connectivity index (χ1v) is 7.14. The van der Waals surface area contributed by atoms with Gasteiger partial charge >= 0.3 is 0 Å². The lowest BCUT2D eigenvalue weighted by Crippen LogP contribution is -2.12. The maximum absolute atomic E-state index is 10.7. The molecule has 1 amide bonds. The molecule has 0 fully saturated rings. The van der Waals surface area contributed by atoms with E-state index in [-0.39, 0.29) is 11.7 Å². The third-order valence-corrected chi connectivity index (χ3v) is 4.09. The van der Waals surface area contributed by atoms with Crippen LogP contribution in [0, 0.1) is 0 Å². The minimum absolute atomic E-state index is 0.198. The van der Waals surface area contributed by atoms with Gasteiger partial charge in [-0.25, -0.2) is 0 Å². The zero-order valence-corrected chi connectivity index (χ0v) is 11.8. The number of primary amides is 1. The summed E-state index contributed by atoms with van der Waals surface area (Å²) < 4.78 is 5.92. The lowest BCUT2D eigenvalue weighted by molar-refractivity contribution is -0.115. The summed E-state index contributed by atoms with van der Waals surface area (Å²) in [5.74, 6) is 0.548. The Morgan fingerprint density at radius 1 is 1.47 bits per heavy atom. The highest BCUT2D eigenvalue weighted by atomic mass is 32.2. The lowest BCUT2D eigenvalue weighted by atomic mass is 10.3. The Morgan fingerprint density at radius 2 is 2.26 bits per heavy atom. The number of nitrogens with one attached hydrogen (secondary N) is 1. The topological polar surface area (TPSA) is 90.1 Å². The van der Waals surface area contributed by atoms with Crippen molar-refractivity contribution in [3.05, 3.63) is 24.3 Å². The smallest absolute Gasteiger partial charge is 0.227 e. The molecule has 1 aromatic carbocycles. The summed E-state index contributed by atoms with van der Waals surface area (Å²) in [5, 5.41) is 11.7. The van der Waals surface area contributed by atoms with Crippen molar-refractivity contribution in [2.24, 2.45) is 5.73 Å². The quantitative estimate of drug-likeness (QED) is 0.791. The molecule has 6 nitrogen and oxygen atoms in total. The van der Waals surface area contributed by atoms with Gasteiger partial charge in [0.2, 0.25) is 11.0 Å². The normalized spacial score (nSPS) is 10.2. The Labute approximate surface area is 118 Å². The van der Waals surface area contributed by atoms with Gasteiger partial charge in [-0.05, 0) is 12.1 Å². The number of carbonyl (C=O) groups is 1. The van der Waals surface area contributed by atoms with Gasteiger partial charge in [0.15, 0.2) is 4.34 Å². The molecule has 0 aliphatic carbocycles. The highest BCUT2D eigenvalue weighted by molar-refractivity contribution is 8.01. The molecule has 0 aliphatic rings. The highest BCUT2D eigenvalue weighted by Gasteiger charge is 2.08. The molecule has 0 saturated heterocycles. The van der Waals surface area contributed by atoms with Crippen molar-refractivity contribution in [2.45, 2.75) is 4.34 Å². The standard InChI is InChI=1S/C11H12N4O2S2/c1-17-8-5-3-2-4-7(8)13-10-14-15-11(19-10)18-6-9(12)16/h2-5H,6H2,1H3,(H2,12,16)(H,13,14). The van der Waals surface area contributed by atoms with Crippen molar-refractivity contribution < 1.29 is 9.53 Å². The van der Waals surface area contributed by atoms with Gasteiger partial charge in [-0.15, -0.1) is 10.2 Å². The van der Waals surface area contributed by atoms with Crippen LogP contribution in [-0.2, 0) is 4.79 Å². The number of methoxy groups -OCH3 is 1. The molecule has 0 radical (unpaired) electrons. The van der Waals surface area contributed by atoms with Crippen molar-refractivity contribution in [2.75, 3.05) is 18.2 Å². The van der Waals surface area contributed by atoms with Crippen LogP contribution in [0.2, 0.25) is 0 Å². The second kappa shape index (κ2) is 6.39. The highest BCUT2D eigenvalue weighted by Crippen LogP contribution is 2.31. The van der Waals surface area contributed by atoms with Crippen molar-refractivity contribution in [3.8, 4) is 5.75 Å². The number of thioether (sulfide) groups is 1. The van der Waals surface area contributed by atoms with E-state index in [4.69, 9.17) is 10.5 Å². The second-order valence-electron chi connectivity index (χ2n) is 3.45. The van der Waals surface area contributed by atoms with Gasteiger partial charge in [-0.3, -0.25) is 4.79 Å². The maximum atomic E-state index is 10.7. The van der Waals surface area contributed by atoms with E-state index in [1.165, 1.54) is 23.1 Å². The number of amides is 1. The van der Waals surface area contributed by atoms with Crippen LogP contribution >= 0.6 is 23.1 Å². The van der Waals surface area contributed by atoms with Gasteiger partial charge in [-0.1, -0.05) is 35.2 Å². The van der Waals surface area contributed by atoms with Crippen LogP contribution in [0.4, 0.5) is 10.8 Å². The van der Waals surface area contributed by atoms with Crippen molar-refractivity contribution in [3.63, 3.8) is 0 Å². The van der Waals surface area contributed by atoms with Crippen LogP contribution in [-0.4, -0.2) is 29.0 Å². The molecule has 0 saturated carbocycles. The summed E-state index contributed by atoms with van der Waals surface area (Å²) in [4.78, 5) is 10.7. The number of hydrogen-bond donors (Lipinski definition) is 2. The first kappa shape index (κ1) is 13.6. The average Bonchev–Trinajstić information content (AvgIpc) is 2.85. The molecular weight excluding hydrogens is 284 g/mol. The Kier molecular flexibility index (Phi) is 4.58. The molecular formula is C11H12N4O2S2. The monoisotopic (exact) mass is 296 g/mol. The largest absolute Gasteiger partial charge is 0.495 e. The zero-order chi connectivity index (χ0) is 13.7. The van der Waals surface area contributed by atoms with Crippen molar-refractivity contribution in [1.82, 2.24) is 10.2 Å². The summed E-state index contributed by atoms with van der Waals surface area (Å²) in [6, 6.07) is 7.52. The van der Waals surface area contributed by atoms with Gasteiger partial charge in [-0.2, -0.15) is 0 Å². The first-order valence-electron chi connectivity index (χ1n) is 5.33. The number of hydrogen-bond acceptors (Lipinski definition) is 7. The van der Waals surface area contributed by atoms with Gasteiger partial charge in [0, 0.05) is 0 Å². The summed E-state index contributed by atoms with van der Waals surface area (Å²) in [5.41, 5.74) is 5.89. The van der Waals surface area contributed by atoms with E-state index in [1.807, 2.05) is 24.3 Å². The molecule has 3 N–H and O–H groups in total. The molecule has 2 aromatic rings. The van der Waals surface area contributed by atoms with Crippen LogP contribution in [0.5, 0.6) is 5.75 Å². The number of rotatable bonds is 6. The van der Waals surface area contributed by atoms with Crippen LogP contribution in [0.1, 0.15) is 0 Å². The Morgan fingerprint density at radius 3 is 3.00 bits per heavy atom. The van der Waals surface area contributed by atoms with E-state index in [0.29, 0.717) is 9.47 Å². The van der Waals surface area contributed by atoms with E-state index >= 15 is 0 Å².